The number of hydrogen-bond donors (Lipinski definition) is 2. The molecule has 0 saturated carbocycles. The first-order valence-corrected chi connectivity index (χ1v) is 7.12. The Bertz CT molecular complexity index is 510. The van der Waals surface area contributed by atoms with E-state index in [1.54, 1.807) is 12.4 Å². The molecular weight excluding hydrogens is 248 g/mol. The Hall–Kier alpha value is -1.71. The van der Waals surface area contributed by atoms with E-state index in [1.807, 2.05) is 19.1 Å². The van der Waals surface area contributed by atoms with Crippen LogP contribution in [0.2, 0.25) is 0 Å². The molecule has 106 valence electrons. The molecule has 0 spiro atoms. The number of aliphatic hydroxyl groups excluding tert-OH is 1. The van der Waals surface area contributed by atoms with E-state index in [0.29, 0.717) is 6.54 Å². The molecule has 0 fully saturated rings. The summed E-state index contributed by atoms with van der Waals surface area (Å²) in [5.41, 5.74) is 3.59. The van der Waals surface area contributed by atoms with Crippen molar-refractivity contribution >= 4 is 0 Å². The minimum Gasteiger partial charge on any atom is -0.392 e. The van der Waals surface area contributed by atoms with Crippen LogP contribution in [0.4, 0.5) is 0 Å². The van der Waals surface area contributed by atoms with E-state index < -0.39 is 0 Å². The second-order valence-corrected chi connectivity index (χ2v) is 5.05. The molecule has 0 aliphatic heterocycles. The van der Waals surface area contributed by atoms with Crippen LogP contribution in [0, 0.1) is 0 Å². The maximum atomic E-state index is 9.58. The molecule has 0 aliphatic carbocycles. The molecule has 2 rings (SSSR count). The number of nitrogens with zero attached hydrogens (tertiary/aromatic N) is 1. The molecule has 2 unspecified atom stereocenters. The molecule has 0 aliphatic rings. The lowest BCUT2D eigenvalue weighted by atomic mass is 10.0. The van der Waals surface area contributed by atoms with E-state index in [1.165, 1.54) is 16.7 Å². The van der Waals surface area contributed by atoms with E-state index >= 15 is 0 Å². The first-order chi connectivity index (χ1) is 9.70. The number of hydrogen-bond acceptors (Lipinski definition) is 3. The lowest BCUT2D eigenvalue weighted by molar-refractivity contribution is 0.164. The Morgan fingerprint density at radius 3 is 2.25 bits per heavy atom. The van der Waals surface area contributed by atoms with E-state index in [-0.39, 0.29) is 12.1 Å². The Labute approximate surface area is 120 Å². The van der Waals surface area contributed by atoms with Gasteiger partial charge in [-0.3, -0.25) is 4.98 Å². The third-order valence-corrected chi connectivity index (χ3v) is 3.56. The monoisotopic (exact) mass is 270 g/mol. The molecule has 2 atom stereocenters. The van der Waals surface area contributed by atoms with Gasteiger partial charge in [-0.15, -0.1) is 0 Å². The minimum atomic E-state index is -0.270. The molecule has 2 N–H and O–H groups in total. The summed E-state index contributed by atoms with van der Waals surface area (Å²) in [6, 6.07) is 12.8. The van der Waals surface area contributed by atoms with Gasteiger partial charge in [0.1, 0.15) is 0 Å². The fourth-order valence-corrected chi connectivity index (χ4v) is 2.08. The van der Waals surface area contributed by atoms with Crippen molar-refractivity contribution in [1.82, 2.24) is 10.3 Å². The van der Waals surface area contributed by atoms with Gasteiger partial charge in [0.2, 0.25) is 0 Å². The summed E-state index contributed by atoms with van der Waals surface area (Å²) in [4.78, 5) is 4.03. The number of aliphatic hydroxyl groups is 1. The van der Waals surface area contributed by atoms with Crippen LogP contribution in [0.1, 0.15) is 31.9 Å². The first kappa shape index (κ1) is 14.7. The topological polar surface area (TPSA) is 45.1 Å². The van der Waals surface area contributed by atoms with E-state index in [0.717, 1.165) is 6.42 Å². The highest BCUT2D eigenvalue weighted by Gasteiger charge is 2.07. The Morgan fingerprint density at radius 1 is 1.05 bits per heavy atom. The maximum Gasteiger partial charge on any atom is 0.0662 e. The lowest BCUT2D eigenvalue weighted by Crippen LogP contribution is -2.28. The quantitative estimate of drug-likeness (QED) is 0.847. The van der Waals surface area contributed by atoms with Crippen molar-refractivity contribution in [2.24, 2.45) is 0 Å². The molecule has 1 aromatic carbocycles. The van der Waals surface area contributed by atoms with Gasteiger partial charge in [-0.2, -0.15) is 0 Å². The standard InChI is InChI=1S/C17H22N2O/c1-3-17(20)12-19-13(2)14-4-6-15(7-5-14)16-8-10-18-11-9-16/h4-11,13,17,19-20H,3,12H2,1-2H3. The summed E-state index contributed by atoms with van der Waals surface area (Å²) in [5, 5.41) is 12.9. The third-order valence-electron chi connectivity index (χ3n) is 3.56. The maximum absolute atomic E-state index is 9.58. The van der Waals surface area contributed by atoms with Gasteiger partial charge in [-0.1, -0.05) is 31.2 Å². The van der Waals surface area contributed by atoms with Gasteiger partial charge in [0.05, 0.1) is 6.10 Å². The summed E-state index contributed by atoms with van der Waals surface area (Å²) in [5.74, 6) is 0. The molecule has 2 aromatic rings. The Morgan fingerprint density at radius 2 is 1.65 bits per heavy atom. The fourth-order valence-electron chi connectivity index (χ4n) is 2.08. The van der Waals surface area contributed by atoms with Crippen molar-refractivity contribution < 1.29 is 5.11 Å². The summed E-state index contributed by atoms with van der Waals surface area (Å²) in [6.07, 6.45) is 4.12. The van der Waals surface area contributed by atoms with Gasteiger partial charge in [0, 0.05) is 25.0 Å². The highest BCUT2D eigenvalue weighted by molar-refractivity contribution is 5.62. The average molecular weight is 270 g/mol. The van der Waals surface area contributed by atoms with Gasteiger partial charge < -0.3 is 10.4 Å². The van der Waals surface area contributed by atoms with Gasteiger partial charge in [0.15, 0.2) is 0 Å². The molecule has 3 heteroatoms. The van der Waals surface area contributed by atoms with Crippen LogP contribution in [-0.2, 0) is 0 Å². The van der Waals surface area contributed by atoms with Crippen LogP contribution in [0.5, 0.6) is 0 Å². The molecule has 1 heterocycles. The van der Waals surface area contributed by atoms with Crippen molar-refractivity contribution in [2.75, 3.05) is 6.54 Å². The van der Waals surface area contributed by atoms with Crippen LogP contribution in [-0.4, -0.2) is 22.7 Å². The van der Waals surface area contributed by atoms with Crippen molar-refractivity contribution in [3.63, 3.8) is 0 Å². The normalized spacial score (nSPS) is 13.9. The molecule has 1 aromatic heterocycles. The molecule has 3 nitrogen and oxygen atoms in total. The molecule has 0 radical (unpaired) electrons. The number of pyridine rings is 1. The van der Waals surface area contributed by atoms with E-state index in [2.05, 4.69) is 41.5 Å². The first-order valence-electron chi connectivity index (χ1n) is 7.12. The summed E-state index contributed by atoms with van der Waals surface area (Å²) < 4.78 is 0. The smallest absolute Gasteiger partial charge is 0.0662 e. The van der Waals surface area contributed by atoms with Crippen molar-refractivity contribution in [3.8, 4) is 11.1 Å². The lowest BCUT2D eigenvalue weighted by Gasteiger charge is -2.17. The van der Waals surface area contributed by atoms with Crippen molar-refractivity contribution in [1.29, 1.82) is 0 Å². The Kier molecular flexibility index (Phi) is 5.27. The second kappa shape index (κ2) is 7.17. The zero-order valence-electron chi connectivity index (χ0n) is 12.1. The zero-order valence-corrected chi connectivity index (χ0v) is 12.1. The molecule has 0 saturated heterocycles. The van der Waals surface area contributed by atoms with E-state index in [9.17, 15) is 5.11 Å². The van der Waals surface area contributed by atoms with Gasteiger partial charge in [-0.25, -0.2) is 0 Å². The van der Waals surface area contributed by atoms with Gasteiger partial charge in [-0.05, 0) is 42.2 Å². The average Bonchev–Trinajstić information content (AvgIpc) is 2.53. The number of aromatic nitrogens is 1. The summed E-state index contributed by atoms with van der Waals surface area (Å²) in [7, 11) is 0. The van der Waals surface area contributed by atoms with Crippen molar-refractivity contribution in [3.05, 3.63) is 54.4 Å². The number of benzene rings is 1. The van der Waals surface area contributed by atoms with Gasteiger partial charge in [0.25, 0.3) is 0 Å². The fraction of sp³-hybridized carbons (Fsp3) is 0.353. The summed E-state index contributed by atoms with van der Waals surface area (Å²) >= 11 is 0. The zero-order chi connectivity index (χ0) is 14.4. The molecular formula is C17H22N2O. The molecule has 0 bridgehead atoms. The number of rotatable bonds is 6. The summed E-state index contributed by atoms with van der Waals surface area (Å²) in [6.45, 7) is 4.73. The van der Waals surface area contributed by atoms with Crippen LogP contribution in [0.15, 0.2) is 48.8 Å². The van der Waals surface area contributed by atoms with Crippen LogP contribution < -0.4 is 5.32 Å². The predicted molar refractivity (Wildman–Crippen MR) is 82.4 cm³/mol. The largest absolute Gasteiger partial charge is 0.392 e. The number of nitrogens with one attached hydrogen (secondary N) is 1. The second-order valence-electron chi connectivity index (χ2n) is 5.05. The van der Waals surface area contributed by atoms with E-state index in [4.69, 9.17) is 0 Å². The highest BCUT2D eigenvalue weighted by Crippen LogP contribution is 2.21. The predicted octanol–water partition coefficient (Wildman–Crippen LogP) is 3.17. The molecule has 0 amide bonds. The highest BCUT2D eigenvalue weighted by atomic mass is 16.3. The van der Waals surface area contributed by atoms with Crippen LogP contribution >= 0.6 is 0 Å². The van der Waals surface area contributed by atoms with Crippen LogP contribution in [0.25, 0.3) is 11.1 Å². The SMILES string of the molecule is CCC(O)CNC(C)c1ccc(-c2ccncc2)cc1. The van der Waals surface area contributed by atoms with Gasteiger partial charge >= 0.3 is 0 Å². The van der Waals surface area contributed by atoms with Crippen molar-refractivity contribution in [2.45, 2.75) is 32.4 Å². The van der Waals surface area contributed by atoms with Crippen LogP contribution in [0.3, 0.4) is 0 Å². The molecule has 20 heavy (non-hydrogen) atoms. The third kappa shape index (κ3) is 3.89. The Balaban J connectivity index is 2.01. The minimum absolute atomic E-state index is 0.239.